The summed E-state index contributed by atoms with van der Waals surface area (Å²) in [5, 5.41) is 14.3. The Morgan fingerprint density at radius 2 is 1.93 bits per heavy atom. The van der Waals surface area contributed by atoms with Crippen LogP contribution in [0, 0.1) is 35.5 Å². The Balaban J connectivity index is 1.41. The van der Waals surface area contributed by atoms with Crippen molar-refractivity contribution in [3.8, 4) is 12.3 Å². The zero-order chi connectivity index (χ0) is 31.1. The van der Waals surface area contributed by atoms with E-state index in [1.165, 1.54) is 11.3 Å². The van der Waals surface area contributed by atoms with Crippen molar-refractivity contribution in [2.45, 2.75) is 102 Å². The molecule has 0 spiro atoms. The summed E-state index contributed by atoms with van der Waals surface area (Å²) in [7, 11) is 0. The Morgan fingerprint density at radius 1 is 1.19 bits per heavy atom. The molecule has 5 atom stereocenters. The van der Waals surface area contributed by atoms with Gasteiger partial charge in [-0.1, -0.05) is 40.0 Å². The number of hydrogen-bond acceptors (Lipinski definition) is 7. The van der Waals surface area contributed by atoms with Gasteiger partial charge in [-0.15, -0.1) is 23.7 Å². The van der Waals surface area contributed by atoms with Gasteiger partial charge in [-0.3, -0.25) is 9.59 Å². The monoisotopic (exact) mass is 634 g/mol. The highest BCUT2D eigenvalue weighted by molar-refractivity contribution is 7.86. The molecule has 0 unspecified atom stereocenters. The van der Waals surface area contributed by atoms with Crippen LogP contribution in [0.15, 0.2) is 16.3 Å². The van der Waals surface area contributed by atoms with Gasteiger partial charge in [0, 0.05) is 44.7 Å². The average molecular weight is 635 g/mol. The number of thiophene rings is 1. The molecule has 4 amide bonds. The molecule has 6 N–H and O–H groups in total. The van der Waals surface area contributed by atoms with E-state index in [1.54, 1.807) is 11.0 Å². The average Bonchev–Trinajstić information content (AvgIpc) is 3.37. The first-order chi connectivity index (χ1) is 20.5. The van der Waals surface area contributed by atoms with Crippen molar-refractivity contribution in [2.24, 2.45) is 23.2 Å². The molecule has 10 nitrogen and oxygen atoms in total. The smallest absolute Gasteiger partial charge is 0.352 e. The van der Waals surface area contributed by atoms with E-state index in [-0.39, 0.29) is 35.1 Å². The van der Waals surface area contributed by atoms with Gasteiger partial charge in [-0.05, 0) is 54.2 Å². The molecule has 1 saturated heterocycles. The van der Waals surface area contributed by atoms with Crippen molar-refractivity contribution in [1.82, 2.24) is 26.2 Å². The summed E-state index contributed by atoms with van der Waals surface area (Å²) in [6, 6.07) is -0.137. The fourth-order valence-corrected chi connectivity index (χ4v) is 8.08. The van der Waals surface area contributed by atoms with Crippen LogP contribution < -0.4 is 21.3 Å². The van der Waals surface area contributed by atoms with Gasteiger partial charge >= 0.3 is 17.5 Å². The zero-order valence-corrected chi connectivity index (χ0v) is 27.2. The minimum atomic E-state index is -1.80. The maximum Gasteiger partial charge on any atom is 0.352 e. The van der Waals surface area contributed by atoms with Crippen LogP contribution in [-0.4, -0.2) is 69.6 Å². The number of hydrogen-bond donors (Lipinski definition) is 6. The van der Waals surface area contributed by atoms with E-state index < -0.39 is 29.6 Å². The molecule has 1 aliphatic heterocycles. The SMILES string of the molecule is C#CCCCNC(=O)[C@@H]1[C@H]2C[C@H]2CN1C(=O)[C@@H](NC(=O)N[C@H](CNCc1sccc1[S+](O)O)C(C)(C)C)C1CCCCC1. The van der Waals surface area contributed by atoms with E-state index in [2.05, 4.69) is 27.2 Å². The van der Waals surface area contributed by atoms with E-state index in [0.29, 0.717) is 49.8 Å². The summed E-state index contributed by atoms with van der Waals surface area (Å²) in [4.78, 5) is 43.9. The van der Waals surface area contributed by atoms with Crippen LogP contribution in [0.3, 0.4) is 0 Å². The van der Waals surface area contributed by atoms with E-state index >= 15 is 0 Å². The number of nitrogens with one attached hydrogen (secondary N) is 4. The third-order valence-corrected chi connectivity index (χ3v) is 10.9. The fraction of sp³-hybridized carbons (Fsp3) is 0.710. The van der Waals surface area contributed by atoms with Crippen LogP contribution in [0.4, 0.5) is 4.79 Å². The zero-order valence-electron chi connectivity index (χ0n) is 25.6. The van der Waals surface area contributed by atoms with Crippen LogP contribution in [0.25, 0.3) is 0 Å². The first-order valence-corrected chi connectivity index (χ1v) is 17.5. The molecule has 1 aromatic rings. The molecule has 3 aliphatic rings. The highest BCUT2D eigenvalue weighted by Gasteiger charge is 2.57. The number of fused-ring (bicyclic) bond motifs is 1. The van der Waals surface area contributed by atoms with Gasteiger partial charge in [-0.2, -0.15) is 9.11 Å². The highest BCUT2D eigenvalue weighted by Crippen LogP contribution is 2.50. The van der Waals surface area contributed by atoms with E-state index in [0.717, 1.165) is 43.4 Å². The lowest BCUT2D eigenvalue weighted by molar-refractivity contribution is -0.142. The van der Waals surface area contributed by atoms with Crippen molar-refractivity contribution in [2.75, 3.05) is 19.6 Å². The van der Waals surface area contributed by atoms with Crippen molar-refractivity contribution >= 4 is 40.6 Å². The molecule has 0 aromatic carbocycles. The molecule has 2 aliphatic carbocycles. The molecule has 12 heteroatoms. The quantitative estimate of drug-likeness (QED) is 0.111. The summed E-state index contributed by atoms with van der Waals surface area (Å²) >= 11 is -0.352. The summed E-state index contributed by atoms with van der Waals surface area (Å²) in [5.74, 6) is 2.87. The largest absolute Gasteiger partial charge is 0.354 e. The number of piperidine rings is 1. The van der Waals surface area contributed by atoms with Gasteiger partial charge in [-0.25, -0.2) is 4.79 Å². The predicted molar refractivity (Wildman–Crippen MR) is 170 cm³/mol. The van der Waals surface area contributed by atoms with E-state index in [9.17, 15) is 23.5 Å². The number of unbranched alkanes of at least 4 members (excludes halogenated alkanes) is 1. The Kier molecular flexibility index (Phi) is 11.8. The Bertz CT molecular complexity index is 1160. The minimum absolute atomic E-state index is 0.0254. The van der Waals surface area contributed by atoms with Crippen LogP contribution in [-0.2, 0) is 27.6 Å². The molecule has 1 aromatic heterocycles. The van der Waals surface area contributed by atoms with Crippen molar-refractivity contribution in [3.05, 3.63) is 16.3 Å². The fourth-order valence-electron chi connectivity index (χ4n) is 6.43. The number of nitrogens with zero attached hydrogens (tertiary/aromatic N) is 1. The second-order valence-corrected chi connectivity index (χ2v) is 15.2. The molecule has 0 bridgehead atoms. The molecular weight excluding hydrogens is 587 g/mol. The molecular formula is C31H48N5O5S2+. The topological polar surface area (TPSA) is 143 Å². The van der Waals surface area contributed by atoms with Crippen LogP contribution in [0.1, 0.15) is 77.0 Å². The first kappa shape index (κ1) is 33.6. The van der Waals surface area contributed by atoms with Crippen LogP contribution in [0.5, 0.6) is 0 Å². The molecule has 2 heterocycles. The van der Waals surface area contributed by atoms with Crippen LogP contribution >= 0.6 is 11.3 Å². The van der Waals surface area contributed by atoms with Gasteiger partial charge in [0.2, 0.25) is 16.7 Å². The molecule has 3 fully saturated rings. The molecule has 4 rings (SSSR count). The van der Waals surface area contributed by atoms with Crippen molar-refractivity contribution in [1.29, 1.82) is 0 Å². The van der Waals surface area contributed by atoms with Gasteiger partial charge in [0.05, 0.1) is 4.88 Å². The number of carbonyl (C=O) groups is 3. The number of rotatable bonds is 13. The summed E-state index contributed by atoms with van der Waals surface area (Å²) in [6.07, 6.45) is 12.5. The molecule has 238 valence electrons. The van der Waals surface area contributed by atoms with Gasteiger partial charge in [0.15, 0.2) is 0 Å². The maximum absolute atomic E-state index is 14.1. The molecule has 2 saturated carbocycles. The van der Waals surface area contributed by atoms with E-state index in [1.807, 2.05) is 26.2 Å². The number of urea groups is 1. The summed E-state index contributed by atoms with van der Waals surface area (Å²) in [6.45, 7) is 8.08. The standard InChI is InChI=1S/C31H47N5O5S2/c1-5-6-10-14-33-28(37)27-22-16-21(22)19-36(27)29(38)26(20-11-8-7-9-12-20)35-30(39)34-25(31(2,3)4)18-32-17-23-24(43(40)41)13-15-42-23/h1,13,15,20-22,25-27,32,40-41H,6-12,14,16-19H2,2-4H3,(H2-,33,34,35,37,39)/p+1/t21-,22-,25+,26-,27-/m0/s1. The van der Waals surface area contributed by atoms with Crippen molar-refractivity contribution < 1.29 is 23.5 Å². The first-order valence-electron chi connectivity index (χ1n) is 15.5. The Morgan fingerprint density at radius 3 is 2.60 bits per heavy atom. The highest BCUT2D eigenvalue weighted by atomic mass is 32.2. The lowest BCUT2D eigenvalue weighted by Gasteiger charge is -2.37. The van der Waals surface area contributed by atoms with Crippen molar-refractivity contribution in [3.63, 3.8) is 0 Å². The number of terminal acetylenes is 1. The third kappa shape index (κ3) is 8.88. The summed E-state index contributed by atoms with van der Waals surface area (Å²) in [5.41, 5.74) is -0.288. The van der Waals surface area contributed by atoms with Gasteiger partial charge < -0.3 is 26.2 Å². The van der Waals surface area contributed by atoms with Gasteiger partial charge in [0.25, 0.3) is 0 Å². The normalized spacial score (nSPS) is 23.3. The third-order valence-electron chi connectivity index (χ3n) is 9.06. The second kappa shape index (κ2) is 15.1. The minimum Gasteiger partial charge on any atom is -0.354 e. The Labute approximate surface area is 262 Å². The second-order valence-electron chi connectivity index (χ2n) is 13.2. The molecule has 0 radical (unpaired) electrons. The lowest BCUT2D eigenvalue weighted by atomic mass is 9.83. The Hall–Kier alpha value is -2.30. The lowest BCUT2D eigenvalue weighted by Crippen LogP contribution is -2.60. The number of amides is 4. The number of carbonyl (C=O) groups excluding carboxylic acids is 3. The maximum atomic E-state index is 14.1. The predicted octanol–water partition coefficient (Wildman–Crippen LogP) is 3.80. The van der Waals surface area contributed by atoms with Crippen LogP contribution in [0.2, 0.25) is 0 Å². The van der Waals surface area contributed by atoms with Gasteiger partial charge in [0.1, 0.15) is 12.1 Å². The van der Waals surface area contributed by atoms with E-state index in [4.69, 9.17) is 6.42 Å². The molecule has 43 heavy (non-hydrogen) atoms. The summed E-state index contributed by atoms with van der Waals surface area (Å²) < 4.78 is 19.2. The number of likely N-dealkylation sites (tertiary alicyclic amines) is 1.